The van der Waals surface area contributed by atoms with E-state index in [4.69, 9.17) is 20.1 Å². The number of hydrogen-bond acceptors (Lipinski definition) is 6. The number of carbonyl (C=O) groups is 5. The lowest BCUT2D eigenvalue weighted by atomic mass is 10.0. The number of rotatable bonds is 13. The minimum Gasteiger partial charge on any atom is -0.481 e. The molecule has 38 heavy (non-hydrogen) atoms. The highest BCUT2D eigenvalue weighted by atomic mass is 19.4. The van der Waals surface area contributed by atoms with Crippen LogP contribution < -0.4 is 15.4 Å². The minimum absolute atomic E-state index is 0.0858. The number of halogens is 3. The summed E-state index contributed by atoms with van der Waals surface area (Å²) in [6.45, 7) is -0.156. The van der Waals surface area contributed by atoms with Gasteiger partial charge in [-0.25, -0.2) is 9.59 Å². The molecule has 0 aromatic heterocycles. The summed E-state index contributed by atoms with van der Waals surface area (Å²) in [5.74, 6) is -6.17. The van der Waals surface area contributed by atoms with Crippen LogP contribution in [-0.4, -0.2) is 57.2 Å². The van der Waals surface area contributed by atoms with Gasteiger partial charge in [0.1, 0.15) is 11.8 Å². The van der Waals surface area contributed by atoms with Crippen LogP contribution in [0.4, 0.5) is 13.2 Å². The third-order valence-electron chi connectivity index (χ3n) is 5.03. The summed E-state index contributed by atoms with van der Waals surface area (Å²) >= 11 is 0. The first-order valence-corrected chi connectivity index (χ1v) is 10.9. The van der Waals surface area contributed by atoms with Crippen molar-refractivity contribution in [3.05, 3.63) is 65.2 Å². The monoisotopic (exact) mass is 540 g/mol. The zero-order valence-corrected chi connectivity index (χ0v) is 19.5. The summed E-state index contributed by atoms with van der Waals surface area (Å²) in [5.41, 5.74) is -0.0652. The molecular formula is C24H23F3N2O9. The summed E-state index contributed by atoms with van der Waals surface area (Å²) in [6, 6.07) is 8.20. The average molecular weight is 540 g/mol. The molecule has 11 nitrogen and oxygen atoms in total. The molecule has 5 N–H and O–H groups in total. The van der Waals surface area contributed by atoms with E-state index in [0.29, 0.717) is 11.1 Å². The number of carboxylic acids is 3. The van der Waals surface area contributed by atoms with Crippen molar-refractivity contribution >= 4 is 29.7 Å². The van der Waals surface area contributed by atoms with Crippen molar-refractivity contribution in [1.29, 1.82) is 0 Å². The van der Waals surface area contributed by atoms with Gasteiger partial charge in [-0.2, -0.15) is 13.2 Å². The summed E-state index contributed by atoms with van der Waals surface area (Å²) < 4.78 is 43.1. The Morgan fingerprint density at radius 1 is 0.816 bits per heavy atom. The third-order valence-corrected chi connectivity index (χ3v) is 5.03. The normalized spacial score (nSPS) is 11.9. The van der Waals surface area contributed by atoms with E-state index in [-0.39, 0.29) is 18.7 Å². The summed E-state index contributed by atoms with van der Waals surface area (Å²) in [5, 5.41) is 31.5. The predicted molar refractivity (Wildman–Crippen MR) is 122 cm³/mol. The van der Waals surface area contributed by atoms with Crippen molar-refractivity contribution in [3.63, 3.8) is 0 Å². The van der Waals surface area contributed by atoms with Gasteiger partial charge in [-0.05, 0) is 35.4 Å². The van der Waals surface area contributed by atoms with Gasteiger partial charge in [0.15, 0.2) is 0 Å². The topological polar surface area (TPSA) is 179 Å². The second-order valence-electron chi connectivity index (χ2n) is 7.95. The molecule has 14 heteroatoms. The van der Waals surface area contributed by atoms with Crippen LogP contribution in [0.5, 0.6) is 5.75 Å². The Morgan fingerprint density at radius 2 is 1.37 bits per heavy atom. The molecule has 0 saturated carbocycles. The Balaban J connectivity index is 2.11. The van der Waals surface area contributed by atoms with E-state index in [0.717, 1.165) is 12.1 Å². The van der Waals surface area contributed by atoms with Crippen LogP contribution in [0.3, 0.4) is 0 Å². The molecule has 1 atom stereocenters. The molecule has 0 fully saturated rings. The van der Waals surface area contributed by atoms with Gasteiger partial charge in [-0.3, -0.25) is 14.4 Å². The first-order valence-electron chi connectivity index (χ1n) is 10.9. The zero-order chi connectivity index (χ0) is 28.5. The molecule has 0 saturated heterocycles. The molecule has 0 heterocycles. The molecule has 2 rings (SSSR count). The van der Waals surface area contributed by atoms with Crippen LogP contribution in [0.2, 0.25) is 0 Å². The fourth-order valence-corrected chi connectivity index (χ4v) is 3.10. The van der Waals surface area contributed by atoms with E-state index in [1.807, 2.05) is 0 Å². The second-order valence-corrected chi connectivity index (χ2v) is 7.95. The standard InChI is InChI=1S/C24H23F3N2O9/c25-24(26,27)15-5-1-14(2-6-15)12-28-21(33)17(29-18(30)9-10-19(31)32)11-13-3-7-16(8-4-13)38-20(22(34)35)23(36)37/h1-8,17,20H,9-12H2,(H,28,33)(H,29,30)(H,31,32)(H,34,35)(H,36,37)/t17-/m0/s1. The lowest BCUT2D eigenvalue weighted by molar-refractivity contribution is -0.159. The Hall–Kier alpha value is -4.62. The Kier molecular flexibility index (Phi) is 10.2. The molecule has 0 unspecified atom stereocenters. The largest absolute Gasteiger partial charge is 0.481 e. The summed E-state index contributed by atoms with van der Waals surface area (Å²) in [4.78, 5) is 57.7. The highest BCUT2D eigenvalue weighted by Gasteiger charge is 2.30. The SMILES string of the molecule is O=C(O)CCC(=O)N[C@@H](Cc1ccc(OC(C(=O)O)C(=O)O)cc1)C(=O)NCc1ccc(C(F)(F)F)cc1. The van der Waals surface area contributed by atoms with Gasteiger partial charge in [0.25, 0.3) is 6.10 Å². The Bertz CT molecular complexity index is 1150. The van der Waals surface area contributed by atoms with E-state index < -0.39 is 66.4 Å². The number of benzene rings is 2. The van der Waals surface area contributed by atoms with Crippen molar-refractivity contribution < 1.29 is 57.2 Å². The molecule has 0 aliphatic heterocycles. The molecule has 0 aliphatic carbocycles. The Labute approximate surface area is 213 Å². The molecule has 204 valence electrons. The van der Waals surface area contributed by atoms with Crippen LogP contribution in [0.1, 0.15) is 29.5 Å². The van der Waals surface area contributed by atoms with E-state index in [1.165, 1.54) is 36.4 Å². The molecule has 0 radical (unpaired) electrons. The van der Waals surface area contributed by atoms with E-state index in [1.54, 1.807) is 0 Å². The zero-order valence-electron chi connectivity index (χ0n) is 19.5. The number of hydrogen-bond donors (Lipinski definition) is 5. The van der Waals surface area contributed by atoms with Gasteiger partial charge in [-0.1, -0.05) is 24.3 Å². The van der Waals surface area contributed by atoms with Gasteiger partial charge in [-0.15, -0.1) is 0 Å². The van der Waals surface area contributed by atoms with Crippen LogP contribution in [0.25, 0.3) is 0 Å². The quantitative estimate of drug-likeness (QED) is 0.237. The maximum atomic E-state index is 12.8. The van der Waals surface area contributed by atoms with Gasteiger partial charge in [0.05, 0.1) is 12.0 Å². The fraction of sp³-hybridized carbons (Fsp3) is 0.292. The number of ether oxygens (including phenoxy) is 1. The van der Waals surface area contributed by atoms with Crippen LogP contribution >= 0.6 is 0 Å². The van der Waals surface area contributed by atoms with Gasteiger partial charge in [0.2, 0.25) is 11.8 Å². The third kappa shape index (κ3) is 9.44. The molecule has 0 bridgehead atoms. The second kappa shape index (κ2) is 13.1. The van der Waals surface area contributed by atoms with Crippen LogP contribution in [0, 0.1) is 0 Å². The Morgan fingerprint density at radius 3 is 1.87 bits per heavy atom. The molecule has 0 spiro atoms. The van der Waals surface area contributed by atoms with Gasteiger partial charge < -0.3 is 30.7 Å². The molecule has 2 aromatic rings. The molecule has 0 aliphatic rings. The first kappa shape index (κ1) is 29.6. The maximum Gasteiger partial charge on any atom is 0.416 e. The minimum atomic E-state index is -4.52. The highest BCUT2D eigenvalue weighted by molar-refractivity contribution is 5.96. The summed E-state index contributed by atoms with van der Waals surface area (Å²) in [6.07, 6.45) is -7.66. The van der Waals surface area contributed by atoms with E-state index >= 15 is 0 Å². The van der Waals surface area contributed by atoms with Crippen molar-refractivity contribution in [2.75, 3.05) is 0 Å². The molecule has 2 amide bonds. The average Bonchev–Trinajstić information content (AvgIpc) is 2.84. The number of aliphatic carboxylic acids is 3. The van der Waals surface area contributed by atoms with Gasteiger partial charge in [0, 0.05) is 19.4 Å². The predicted octanol–water partition coefficient (Wildman–Crippen LogP) is 1.83. The van der Waals surface area contributed by atoms with Crippen molar-refractivity contribution in [1.82, 2.24) is 10.6 Å². The smallest absolute Gasteiger partial charge is 0.416 e. The number of amides is 2. The molecular weight excluding hydrogens is 517 g/mol. The summed E-state index contributed by atoms with van der Waals surface area (Å²) in [7, 11) is 0. The van der Waals surface area contributed by atoms with Crippen molar-refractivity contribution in [2.45, 2.75) is 44.1 Å². The fourth-order valence-electron chi connectivity index (χ4n) is 3.10. The van der Waals surface area contributed by atoms with Crippen LogP contribution in [-0.2, 0) is 43.1 Å². The van der Waals surface area contributed by atoms with Gasteiger partial charge >= 0.3 is 24.1 Å². The first-order chi connectivity index (χ1) is 17.8. The highest BCUT2D eigenvalue weighted by Crippen LogP contribution is 2.29. The van der Waals surface area contributed by atoms with Crippen molar-refractivity contribution in [2.24, 2.45) is 0 Å². The van der Waals surface area contributed by atoms with E-state index in [9.17, 15) is 37.1 Å². The number of alkyl halides is 3. The van der Waals surface area contributed by atoms with E-state index in [2.05, 4.69) is 10.6 Å². The molecule has 2 aromatic carbocycles. The number of carboxylic acid groups (broad SMARTS) is 3. The van der Waals surface area contributed by atoms with Crippen molar-refractivity contribution in [3.8, 4) is 5.75 Å². The number of nitrogens with one attached hydrogen (secondary N) is 2. The van der Waals surface area contributed by atoms with Crippen LogP contribution in [0.15, 0.2) is 48.5 Å². The number of carbonyl (C=O) groups excluding carboxylic acids is 2. The lowest BCUT2D eigenvalue weighted by Crippen LogP contribution is -2.47. The lowest BCUT2D eigenvalue weighted by Gasteiger charge is -2.19. The maximum absolute atomic E-state index is 12.8.